The summed E-state index contributed by atoms with van der Waals surface area (Å²) in [5.74, 6) is 0.996. The fourth-order valence-corrected chi connectivity index (χ4v) is 3.69. The van der Waals surface area contributed by atoms with Crippen LogP contribution in [0, 0.1) is 0 Å². The third kappa shape index (κ3) is 6.04. The normalized spacial score (nSPS) is 14.2. The van der Waals surface area contributed by atoms with Crippen molar-refractivity contribution in [3.05, 3.63) is 84.7 Å². The average Bonchev–Trinajstić information content (AvgIpc) is 2.89. The van der Waals surface area contributed by atoms with E-state index in [2.05, 4.69) is 40.5 Å². The van der Waals surface area contributed by atoms with E-state index in [4.69, 9.17) is 14.5 Å². The summed E-state index contributed by atoms with van der Waals surface area (Å²) in [5.41, 5.74) is 5.13. The summed E-state index contributed by atoms with van der Waals surface area (Å²) in [6.07, 6.45) is 6.13. The van der Waals surface area contributed by atoms with Crippen molar-refractivity contribution in [3.63, 3.8) is 0 Å². The van der Waals surface area contributed by atoms with E-state index in [1.54, 1.807) is 13.3 Å². The van der Waals surface area contributed by atoms with Crippen LogP contribution in [0.25, 0.3) is 5.57 Å². The number of carbonyl (C=O) groups excluding carboxylic acids is 1. The van der Waals surface area contributed by atoms with E-state index in [-0.39, 0.29) is 11.9 Å². The first-order valence-electron chi connectivity index (χ1n) is 11.5. The van der Waals surface area contributed by atoms with Crippen molar-refractivity contribution in [2.24, 2.45) is 0 Å². The molecule has 0 radical (unpaired) electrons. The zero-order chi connectivity index (χ0) is 24.6. The molecule has 0 aliphatic carbocycles. The first-order chi connectivity index (χ1) is 17.1. The predicted molar refractivity (Wildman–Crippen MR) is 139 cm³/mol. The van der Waals surface area contributed by atoms with Gasteiger partial charge in [0.1, 0.15) is 12.4 Å². The number of ether oxygens (including phenoxy) is 2. The predicted octanol–water partition coefficient (Wildman–Crippen LogP) is 5.01. The van der Waals surface area contributed by atoms with Crippen LogP contribution in [-0.4, -0.2) is 42.2 Å². The van der Waals surface area contributed by atoms with Crippen molar-refractivity contribution in [3.8, 4) is 5.75 Å². The number of carbonyl (C=O) groups is 1. The molecule has 35 heavy (non-hydrogen) atoms. The summed E-state index contributed by atoms with van der Waals surface area (Å²) in [4.78, 5) is 21.1. The SMILES string of the molecule is C=CC(=O)Nc1cccc(C2=CC(CC)Nc3cnc(Nc4ccc(OCCOC)cc4)nc32)c1. The molecular formula is C27H29N5O3. The van der Waals surface area contributed by atoms with Crippen molar-refractivity contribution >= 4 is 34.5 Å². The smallest absolute Gasteiger partial charge is 0.247 e. The molecule has 0 saturated carbocycles. The molecule has 4 rings (SSSR count). The molecule has 8 nitrogen and oxygen atoms in total. The number of hydrogen-bond acceptors (Lipinski definition) is 7. The Balaban J connectivity index is 1.59. The number of nitrogens with zero attached hydrogens (tertiary/aromatic N) is 2. The lowest BCUT2D eigenvalue weighted by Crippen LogP contribution is -2.22. The Morgan fingerprint density at radius 3 is 2.74 bits per heavy atom. The van der Waals surface area contributed by atoms with Gasteiger partial charge in [-0.25, -0.2) is 9.97 Å². The summed E-state index contributed by atoms with van der Waals surface area (Å²) in [7, 11) is 1.64. The van der Waals surface area contributed by atoms with Crippen LogP contribution in [-0.2, 0) is 9.53 Å². The van der Waals surface area contributed by atoms with Gasteiger partial charge in [-0.2, -0.15) is 0 Å². The summed E-state index contributed by atoms with van der Waals surface area (Å²) in [6, 6.07) is 15.5. The van der Waals surface area contributed by atoms with E-state index in [1.165, 1.54) is 6.08 Å². The van der Waals surface area contributed by atoms with Crippen molar-refractivity contribution in [2.45, 2.75) is 19.4 Å². The summed E-state index contributed by atoms with van der Waals surface area (Å²) in [5, 5.41) is 9.57. The molecule has 0 fully saturated rings. The number of methoxy groups -OCH3 is 1. The zero-order valence-electron chi connectivity index (χ0n) is 19.9. The number of hydrogen-bond donors (Lipinski definition) is 3. The molecule has 3 aromatic rings. The van der Waals surface area contributed by atoms with Crippen LogP contribution < -0.4 is 20.7 Å². The molecule has 0 saturated heterocycles. The highest BCUT2D eigenvalue weighted by Gasteiger charge is 2.22. The van der Waals surface area contributed by atoms with Crippen LogP contribution in [0.15, 0.2) is 73.5 Å². The molecule has 2 aromatic carbocycles. The Morgan fingerprint density at radius 2 is 2.00 bits per heavy atom. The van der Waals surface area contributed by atoms with Gasteiger partial charge < -0.3 is 25.4 Å². The number of amides is 1. The fourth-order valence-electron chi connectivity index (χ4n) is 3.69. The van der Waals surface area contributed by atoms with Crippen molar-refractivity contribution in [1.82, 2.24) is 9.97 Å². The number of anilines is 4. The van der Waals surface area contributed by atoms with Gasteiger partial charge in [0, 0.05) is 30.1 Å². The first-order valence-corrected chi connectivity index (χ1v) is 11.5. The maximum absolute atomic E-state index is 11.8. The summed E-state index contributed by atoms with van der Waals surface area (Å²) in [6.45, 7) is 6.67. The van der Waals surface area contributed by atoms with Gasteiger partial charge in [0.15, 0.2) is 0 Å². The van der Waals surface area contributed by atoms with Gasteiger partial charge in [0.2, 0.25) is 11.9 Å². The quantitative estimate of drug-likeness (QED) is 0.283. The van der Waals surface area contributed by atoms with Crippen LogP contribution >= 0.6 is 0 Å². The van der Waals surface area contributed by atoms with Crippen molar-refractivity contribution in [1.29, 1.82) is 0 Å². The summed E-state index contributed by atoms with van der Waals surface area (Å²) >= 11 is 0. The van der Waals surface area contributed by atoms with Gasteiger partial charge in [-0.1, -0.05) is 31.7 Å². The van der Waals surface area contributed by atoms with Crippen LogP contribution in [0.2, 0.25) is 0 Å². The zero-order valence-corrected chi connectivity index (χ0v) is 19.9. The Bertz CT molecular complexity index is 1220. The Kier molecular flexibility index (Phi) is 7.74. The van der Waals surface area contributed by atoms with Crippen LogP contribution in [0.1, 0.15) is 24.6 Å². The second-order valence-electron chi connectivity index (χ2n) is 7.96. The van der Waals surface area contributed by atoms with E-state index in [0.29, 0.717) is 24.8 Å². The van der Waals surface area contributed by atoms with Gasteiger partial charge >= 0.3 is 0 Å². The number of nitrogens with one attached hydrogen (secondary N) is 3. The molecule has 3 N–H and O–H groups in total. The summed E-state index contributed by atoms with van der Waals surface area (Å²) < 4.78 is 10.6. The lowest BCUT2D eigenvalue weighted by atomic mass is 9.94. The molecule has 0 bridgehead atoms. The number of aromatic nitrogens is 2. The van der Waals surface area contributed by atoms with Crippen LogP contribution in [0.5, 0.6) is 5.75 Å². The highest BCUT2D eigenvalue weighted by atomic mass is 16.5. The Labute approximate surface area is 205 Å². The molecule has 1 amide bonds. The third-order valence-corrected chi connectivity index (χ3v) is 5.49. The monoisotopic (exact) mass is 471 g/mol. The first kappa shape index (κ1) is 24.0. The molecule has 1 unspecified atom stereocenters. The van der Waals surface area contributed by atoms with E-state index in [9.17, 15) is 4.79 Å². The fraction of sp³-hybridized carbons (Fsp3) is 0.222. The standard InChI is InChI=1S/C27H29N5O3/c1-4-19-16-23(18-7-6-8-21(15-18)30-25(33)5-2)26-24(29-19)17-28-27(32-26)31-20-9-11-22(12-10-20)35-14-13-34-3/h5-12,15-17,19,29H,2,4,13-14H2,1,3H3,(H,30,33)(H,28,31,32). The maximum atomic E-state index is 11.8. The molecule has 180 valence electrons. The molecule has 1 aromatic heterocycles. The molecule has 1 aliphatic heterocycles. The van der Waals surface area contributed by atoms with Gasteiger partial charge in [0.25, 0.3) is 0 Å². The van der Waals surface area contributed by atoms with E-state index < -0.39 is 0 Å². The number of benzene rings is 2. The molecule has 1 aliphatic rings. The Hall–Kier alpha value is -4.17. The van der Waals surface area contributed by atoms with Gasteiger partial charge in [-0.3, -0.25) is 4.79 Å². The van der Waals surface area contributed by atoms with Gasteiger partial charge in [-0.05, 0) is 54.5 Å². The second-order valence-corrected chi connectivity index (χ2v) is 7.96. The van der Waals surface area contributed by atoms with E-state index in [1.807, 2.05) is 48.5 Å². The van der Waals surface area contributed by atoms with E-state index in [0.717, 1.165) is 40.4 Å². The molecule has 8 heteroatoms. The van der Waals surface area contributed by atoms with Gasteiger partial charge in [0.05, 0.1) is 24.2 Å². The van der Waals surface area contributed by atoms with Gasteiger partial charge in [-0.15, -0.1) is 0 Å². The topological polar surface area (TPSA) is 97.4 Å². The maximum Gasteiger partial charge on any atom is 0.247 e. The molecule has 2 heterocycles. The van der Waals surface area contributed by atoms with Crippen molar-refractivity contribution in [2.75, 3.05) is 36.3 Å². The number of fused-ring (bicyclic) bond motifs is 1. The highest BCUT2D eigenvalue weighted by Crippen LogP contribution is 2.35. The molecule has 0 spiro atoms. The van der Waals surface area contributed by atoms with E-state index >= 15 is 0 Å². The van der Waals surface area contributed by atoms with Crippen LogP contribution in [0.3, 0.4) is 0 Å². The van der Waals surface area contributed by atoms with Crippen molar-refractivity contribution < 1.29 is 14.3 Å². The average molecular weight is 472 g/mol. The minimum atomic E-state index is -0.253. The molecular weight excluding hydrogens is 442 g/mol. The minimum Gasteiger partial charge on any atom is -0.491 e. The molecule has 1 atom stereocenters. The minimum absolute atomic E-state index is 0.150. The van der Waals surface area contributed by atoms with Crippen LogP contribution in [0.4, 0.5) is 23.0 Å². The lowest BCUT2D eigenvalue weighted by Gasteiger charge is -2.25. The third-order valence-electron chi connectivity index (χ3n) is 5.49. The number of rotatable bonds is 10. The largest absolute Gasteiger partial charge is 0.491 e. The highest BCUT2D eigenvalue weighted by molar-refractivity contribution is 5.99. The second kappa shape index (κ2) is 11.3. The Morgan fingerprint density at radius 1 is 1.17 bits per heavy atom. The lowest BCUT2D eigenvalue weighted by molar-refractivity contribution is -0.111.